The fourth-order valence-corrected chi connectivity index (χ4v) is 4.31. The van der Waals surface area contributed by atoms with Crippen molar-refractivity contribution in [1.82, 2.24) is 0 Å². The number of carbonyl (C=O) groups is 1. The molecule has 0 saturated heterocycles. The van der Waals surface area contributed by atoms with Crippen molar-refractivity contribution < 1.29 is 9.90 Å². The van der Waals surface area contributed by atoms with Crippen LogP contribution in [0.1, 0.15) is 149 Å². The molecule has 0 fully saturated rings. The number of hydrogen-bond acceptors (Lipinski definition) is 2. The molecule has 0 aliphatic rings. The maximum atomic E-state index is 13.0. The molecular formula is C32H58O2. The van der Waals surface area contributed by atoms with E-state index >= 15 is 0 Å². The van der Waals surface area contributed by atoms with Gasteiger partial charge < -0.3 is 5.11 Å². The third-order valence-electron chi connectivity index (χ3n) is 6.61. The van der Waals surface area contributed by atoms with E-state index in [9.17, 15) is 9.90 Å². The Morgan fingerprint density at radius 1 is 0.559 bits per heavy atom. The second-order valence-corrected chi connectivity index (χ2v) is 9.94. The van der Waals surface area contributed by atoms with Crippen molar-refractivity contribution in [3.8, 4) is 0 Å². The largest absolute Gasteiger partial charge is 0.392 e. The molecule has 0 heterocycles. The maximum absolute atomic E-state index is 13.0. The van der Waals surface area contributed by atoms with E-state index in [0.29, 0.717) is 6.42 Å². The summed E-state index contributed by atoms with van der Waals surface area (Å²) in [6.45, 7) is 6.69. The molecule has 0 aliphatic heterocycles. The van der Waals surface area contributed by atoms with E-state index < -0.39 is 6.10 Å². The highest BCUT2D eigenvalue weighted by Gasteiger charge is 2.25. The summed E-state index contributed by atoms with van der Waals surface area (Å²) in [6.07, 6.45) is 34.7. The second kappa shape index (κ2) is 26.5. The van der Waals surface area contributed by atoms with Crippen molar-refractivity contribution in [1.29, 1.82) is 0 Å². The standard InChI is InChI=1S/C32H58O2/c1-4-7-10-13-16-19-22-25-28-31(33)30(27-24-21-18-15-12-9-6-3)32(34)29-26-23-20-17-14-11-8-5-2/h16-21,30-31,33H,4-15,22-29H2,1-3H3/b19-16-,20-17-,21-18-. The summed E-state index contributed by atoms with van der Waals surface area (Å²) in [6, 6.07) is 0. The molecule has 0 bridgehead atoms. The van der Waals surface area contributed by atoms with Gasteiger partial charge in [0.05, 0.1) is 6.10 Å². The van der Waals surface area contributed by atoms with Gasteiger partial charge in [-0.1, -0.05) is 95.8 Å². The zero-order valence-corrected chi connectivity index (χ0v) is 23.1. The number of carbonyl (C=O) groups excluding carboxylic acids is 1. The van der Waals surface area contributed by atoms with Crippen LogP contribution in [0.5, 0.6) is 0 Å². The maximum Gasteiger partial charge on any atom is 0.138 e. The molecule has 2 heteroatoms. The highest BCUT2D eigenvalue weighted by atomic mass is 16.3. The van der Waals surface area contributed by atoms with Crippen LogP contribution in [-0.4, -0.2) is 17.0 Å². The molecule has 0 spiro atoms. The number of allylic oxidation sites excluding steroid dienone is 6. The summed E-state index contributed by atoms with van der Waals surface area (Å²) in [5.41, 5.74) is 0. The molecule has 1 N–H and O–H groups in total. The molecule has 0 aromatic rings. The topological polar surface area (TPSA) is 37.3 Å². The number of aliphatic hydroxyl groups excluding tert-OH is 1. The third kappa shape index (κ3) is 21.4. The minimum atomic E-state index is -0.501. The Morgan fingerprint density at radius 3 is 1.44 bits per heavy atom. The van der Waals surface area contributed by atoms with Gasteiger partial charge in [0, 0.05) is 12.3 Å². The van der Waals surface area contributed by atoms with Crippen molar-refractivity contribution in [2.45, 2.75) is 155 Å². The number of rotatable bonds is 25. The Bertz CT molecular complexity index is 517. The average Bonchev–Trinajstić information content (AvgIpc) is 2.84. The SMILES string of the molecule is CCCCC/C=C\CCCC(=O)C(CC/C=C\CCCCC)C(O)CCC/C=C\CCCCC. The zero-order chi connectivity index (χ0) is 25.1. The minimum absolute atomic E-state index is 0.206. The van der Waals surface area contributed by atoms with Crippen LogP contribution in [-0.2, 0) is 4.79 Å². The van der Waals surface area contributed by atoms with Gasteiger partial charge in [-0.05, 0) is 83.5 Å². The van der Waals surface area contributed by atoms with E-state index in [2.05, 4.69) is 57.2 Å². The summed E-state index contributed by atoms with van der Waals surface area (Å²) in [5.74, 6) is 0.0590. The normalized spacial score (nSPS) is 14.0. The van der Waals surface area contributed by atoms with Crippen LogP contribution in [0.25, 0.3) is 0 Å². The summed E-state index contributed by atoms with van der Waals surface area (Å²) < 4.78 is 0. The van der Waals surface area contributed by atoms with Crippen LogP contribution in [0.4, 0.5) is 0 Å². The molecule has 0 amide bonds. The van der Waals surface area contributed by atoms with E-state index in [1.165, 1.54) is 57.8 Å². The van der Waals surface area contributed by atoms with Crippen molar-refractivity contribution in [2.24, 2.45) is 5.92 Å². The van der Waals surface area contributed by atoms with Crippen molar-refractivity contribution in [3.63, 3.8) is 0 Å². The van der Waals surface area contributed by atoms with Crippen LogP contribution in [0.3, 0.4) is 0 Å². The van der Waals surface area contributed by atoms with Gasteiger partial charge in [0.1, 0.15) is 5.78 Å². The predicted octanol–water partition coefficient (Wildman–Crippen LogP) is 10.1. The first kappa shape index (κ1) is 32.8. The number of hydrogen-bond donors (Lipinski definition) is 1. The number of ketones is 1. The first-order valence-corrected chi connectivity index (χ1v) is 14.8. The zero-order valence-electron chi connectivity index (χ0n) is 23.1. The Balaban J connectivity index is 4.46. The summed E-state index contributed by atoms with van der Waals surface area (Å²) in [5, 5.41) is 10.9. The molecule has 198 valence electrons. The summed E-state index contributed by atoms with van der Waals surface area (Å²) in [7, 11) is 0. The third-order valence-corrected chi connectivity index (χ3v) is 6.61. The Kier molecular flexibility index (Phi) is 25.6. The molecule has 0 radical (unpaired) electrons. The predicted molar refractivity (Wildman–Crippen MR) is 151 cm³/mol. The molecule has 0 aromatic carbocycles. The van der Waals surface area contributed by atoms with Gasteiger partial charge in [0.25, 0.3) is 0 Å². The number of Topliss-reactive ketones (excluding diaryl/α,β-unsaturated/α-hetero) is 1. The van der Waals surface area contributed by atoms with E-state index in [4.69, 9.17) is 0 Å². The summed E-state index contributed by atoms with van der Waals surface area (Å²) in [4.78, 5) is 13.0. The van der Waals surface area contributed by atoms with Crippen LogP contribution < -0.4 is 0 Å². The van der Waals surface area contributed by atoms with Gasteiger partial charge in [-0.2, -0.15) is 0 Å². The number of unbranched alkanes of at least 4 members (excludes halogenated alkanes) is 11. The fraction of sp³-hybridized carbons (Fsp3) is 0.781. The monoisotopic (exact) mass is 474 g/mol. The van der Waals surface area contributed by atoms with E-state index in [1.807, 2.05) is 0 Å². The lowest BCUT2D eigenvalue weighted by Crippen LogP contribution is -2.28. The molecule has 0 rings (SSSR count). The lowest BCUT2D eigenvalue weighted by molar-refractivity contribution is -0.126. The van der Waals surface area contributed by atoms with E-state index in [1.54, 1.807) is 0 Å². The molecule has 34 heavy (non-hydrogen) atoms. The smallest absolute Gasteiger partial charge is 0.138 e. The highest BCUT2D eigenvalue weighted by Crippen LogP contribution is 2.21. The minimum Gasteiger partial charge on any atom is -0.392 e. The van der Waals surface area contributed by atoms with Crippen molar-refractivity contribution in [3.05, 3.63) is 36.5 Å². The molecular weight excluding hydrogens is 416 g/mol. The molecule has 2 atom stereocenters. The molecule has 0 aromatic heterocycles. The highest BCUT2D eigenvalue weighted by molar-refractivity contribution is 5.81. The van der Waals surface area contributed by atoms with Crippen molar-refractivity contribution in [2.75, 3.05) is 0 Å². The average molecular weight is 475 g/mol. The Morgan fingerprint density at radius 2 is 0.971 bits per heavy atom. The molecule has 0 aliphatic carbocycles. The quantitative estimate of drug-likeness (QED) is 0.105. The van der Waals surface area contributed by atoms with E-state index in [0.717, 1.165) is 64.2 Å². The van der Waals surface area contributed by atoms with Crippen LogP contribution in [0.15, 0.2) is 36.5 Å². The lowest BCUT2D eigenvalue weighted by atomic mass is 9.87. The van der Waals surface area contributed by atoms with Gasteiger partial charge >= 0.3 is 0 Å². The molecule has 0 saturated carbocycles. The molecule has 2 unspecified atom stereocenters. The van der Waals surface area contributed by atoms with Gasteiger partial charge in [-0.25, -0.2) is 0 Å². The fourth-order valence-electron chi connectivity index (χ4n) is 4.31. The van der Waals surface area contributed by atoms with Crippen LogP contribution in [0, 0.1) is 5.92 Å². The first-order chi connectivity index (χ1) is 16.7. The number of aliphatic hydroxyl groups is 1. The van der Waals surface area contributed by atoms with Crippen LogP contribution >= 0.6 is 0 Å². The molecule has 2 nitrogen and oxygen atoms in total. The Labute approximate surface area is 213 Å². The Hall–Kier alpha value is -1.15. The van der Waals surface area contributed by atoms with Gasteiger partial charge in [0.2, 0.25) is 0 Å². The second-order valence-electron chi connectivity index (χ2n) is 9.94. The van der Waals surface area contributed by atoms with Crippen molar-refractivity contribution >= 4 is 5.78 Å². The van der Waals surface area contributed by atoms with Gasteiger partial charge in [-0.3, -0.25) is 4.79 Å². The summed E-state index contributed by atoms with van der Waals surface area (Å²) >= 11 is 0. The van der Waals surface area contributed by atoms with Crippen LogP contribution in [0.2, 0.25) is 0 Å². The van der Waals surface area contributed by atoms with Gasteiger partial charge in [-0.15, -0.1) is 0 Å². The van der Waals surface area contributed by atoms with E-state index in [-0.39, 0.29) is 11.7 Å². The van der Waals surface area contributed by atoms with Gasteiger partial charge in [0.15, 0.2) is 0 Å². The first-order valence-electron chi connectivity index (χ1n) is 14.8. The lowest BCUT2D eigenvalue weighted by Gasteiger charge is -2.21.